The predicted octanol–water partition coefficient (Wildman–Crippen LogP) is 3.21. The van der Waals surface area contributed by atoms with Crippen molar-refractivity contribution in [1.29, 1.82) is 0 Å². The van der Waals surface area contributed by atoms with E-state index in [2.05, 4.69) is 33.3 Å². The van der Waals surface area contributed by atoms with Crippen molar-refractivity contribution in [1.82, 2.24) is 15.1 Å². The Hall–Kier alpha value is -3.99. The Bertz CT molecular complexity index is 1460. The van der Waals surface area contributed by atoms with E-state index in [4.69, 9.17) is 4.74 Å². The number of anilines is 2. The molecule has 4 aliphatic heterocycles. The Kier molecular flexibility index (Phi) is 7.16. The molecule has 2 aromatic carbocycles. The fourth-order valence-electron chi connectivity index (χ4n) is 6.32. The number of benzene rings is 2. The number of rotatable bonds is 4. The first-order valence-corrected chi connectivity index (χ1v) is 14.5. The molecule has 0 radical (unpaired) electrons. The van der Waals surface area contributed by atoms with Gasteiger partial charge in [0.15, 0.2) is 0 Å². The Morgan fingerprint density at radius 1 is 1.00 bits per heavy atom. The number of halogens is 1. The quantitative estimate of drug-likeness (QED) is 0.557. The van der Waals surface area contributed by atoms with Gasteiger partial charge in [0, 0.05) is 69.0 Å². The summed E-state index contributed by atoms with van der Waals surface area (Å²) in [5, 5.41) is 2.31. The molecule has 2 fully saturated rings. The van der Waals surface area contributed by atoms with Crippen molar-refractivity contribution in [2.45, 2.75) is 64.8 Å². The van der Waals surface area contributed by atoms with Gasteiger partial charge < -0.3 is 14.5 Å². The summed E-state index contributed by atoms with van der Waals surface area (Å²) in [6.45, 7) is 9.90. The number of amides is 4. The number of ether oxygens (including phenoxy) is 1. The van der Waals surface area contributed by atoms with Crippen LogP contribution in [0.1, 0.15) is 60.7 Å². The van der Waals surface area contributed by atoms with Gasteiger partial charge in [0.2, 0.25) is 11.8 Å². The average molecular weight is 578 g/mol. The predicted molar refractivity (Wildman–Crippen MR) is 154 cm³/mol. The van der Waals surface area contributed by atoms with Crippen molar-refractivity contribution in [3.63, 3.8) is 0 Å². The van der Waals surface area contributed by atoms with Crippen LogP contribution in [0.5, 0.6) is 0 Å². The van der Waals surface area contributed by atoms with Crippen molar-refractivity contribution in [2.75, 3.05) is 42.5 Å². The molecule has 0 aromatic heterocycles. The fraction of sp³-hybridized carbons (Fsp3) is 0.484. The number of imide groups is 1. The van der Waals surface area contributed by atoms with Gasteiger partial charge in [0.1, 0.15) is 17.5 Å². The van der Waals surface area contributed by atoms with E-state index in [-0.39, 0.29) is 42.9 Å². The van der Waals surface area contributed by atoms with Crippen LogP contribution < -0.4 is 15.1 Å². The van der Waals surface area contributed by atoms with Gasteiger partial charge in [-0.05, 0) is 62.9 Å². The maximum absolute atomic E-state index is 14.7. The number of hydrogen-bond donors (Lipinski definition) is 1. The number of piperazine rings is 1. The molecule has 2 aromatic rings. The van der Waals surface area contributed by atoms with E-state index in [1.807, 2.05) is 20.8 Å². The molecule has 0 bridgehead atoms. The summed E-state index contributed by atoms with van der Waals surface area (Å²) in [4.78, 5) is 57.6. The van der Waals surface area contributed by atoms with Gasteiger partial charge in [-0.25, -0.2) is 9.18 Å². The summed E-state index contributed by atoms with van der Waals surface area (Å²) in [5.74, 6) is -1.69. The molecule has 1 unspecified atom stereocenters. The van der Waals surface area contributed by atoms with E-state index in [0.29, 0.717) is 31.9 Å². The SMILES string of the molecule is CC(C)(C)OC(=O)N1CCc2ccc(CN3CCN(c4cc(F)cc5c4CN(C4CCC(=O)NC4=O)C5=O)CC3)cc21. The Morgan fingerprint density at radius 3 is 2.48 bits per heavy atom. The second kappa shape index (κ2) is 10.7. The maximum Gasteiger partial charge on any atom is 0.414 e. The zero-order valence-electron chi connectivity index (χ0n) is 24.2. The summed E-state index contributed by atoms with van der Waals surface area (Å²) >= 11 is 0. The molecule has 1 atom stereocenters. The first-order chi connectivity index (χ1) is 20.0. The van der Waals surface area contributed by atoms with Gasteiger partial charge in [-0.15, -0.1) is 0 Å². The summed E-state index contributed by atoms with van der Waals surface area (Å²) in [5.41, 5.74) is 4.27. The molecule has 42 heavy (non-hydrogen) atoms. The molecule has 6 rings (SSSR count). The van der Waals surface area contributed by atoms with Gasteiger partial charge in [0.05, 0.1) is 5.69 Å². The molecule has 10 nitrogen and oxygen atoms in total. The molecule has 4 aliphatic rings. The minimum Gasteiger partial charge on any atom is -0.443 e. The Labute approximate surface area is 244 Å². The highest BCUT2D eigenvalue weighted by Crippen LogP contribution is 2.36. The van der Waals surface area contributed by atoms with Crippen LogP contribution in [0.25, 0.3) is 0 Å². The highest BCUT2D eigenvalue weighted by molar-refractivity contribution is 6.06. The second-order valence-electron chi connectivity index (χ2n) is 12.5. The van der Waals surface area contributed by atoms with Crippen LogP contribution in [-0.4, -0.2) is 78.0 Å². The summed E-state index contributed by atoms with van der Waals surface area (Å²) in [6.07, 6.45) is 0.904. The van der Waals surface area contributed by atoms with E-state index in [1.54, 1.807) is 4.90 Å². The summed E-state index contributed by atoms with van der Waals surface area (Å²) in [7, 11) is 0. The lowest BCUT2D eigenvalue weighted by molar-refractivity contribution is -0.136. The van der Waals surface area contributed by atoms with Crippen molar-refractivity contribution >= 4 is 35.2 Å². The first-order valence-electron chi connectivity index (χ1n) is 14.5. The summed E-state index contributed by atoms with van der Waals surface area (Å²) in [6, 6.07) is 8.26. The molecule has 0 saturated carbocycles. The van der Waals surface area contributed by atoms with Gasteiger partial charge >= 0.3 is 6.09 Å². The molecule has 0 aliphatic carbocycles. The van der Waals surface area contributed by atoms with Gasteiger partial charge in [-0.3, -0.25) is 29.5 Å². The van der Waals surface area contributed by atoms with E-state index in [9.17, 15) is 23.6 Å². The smallest absolute Gasteiger partial charge is 0.414 e. The molecule has 2 saturated heterocycles. The lowest BCUT2D eigenvalue weighted by Crippen LogP contribution is -2.52. The minimum absolute atomic E-state index is 0.170. The summed E-state index contributed by atoms with van der Waals surface area (Å²) < 4.78 is 20.3. The minimum atomic E-state index is -0.742. The number of piperidine rings is 1. The molecule has 4 amide bonds. The van der Waals surface area contributed by atoms with Gasteiger partial charge in [-0.2, -0.15) is 0 Å². The number of carbonyl (C=O) groups is 4. The third-order valence-electron chi connectivity index (χ3n) is 8.38. The third kappa shape index (κ3) is 5.45. The molecule has 1 N–H and O–H groups in total. The average Bonchev–Trinajstić information content (AvgIpc) is 3.49. The van der Waals surface area contributed by atoms with Crippen molar-refractivity contribution in [2.24, 2.45) is 0 Å². The normalized spacial score (nSPS) is 21.0. The van der Waals surface area contributed by atoms with E-state index < -0.39 is 23.4 Å². The molecule has 0 spiro atoms. The largest absolute Gasteiger partial charge is 0.443 e. The standard InChI is InChI=1S/C31H36FN5O5/c1-31(2,3)42-30(41)36-9-8-20-5-4-19(14-25(20)36)17-34-10-12-35(13-11-34)26-16-21(32)15-22-23(26)18-37(29(22)40)24-6-7-27(38)33-28(24)39/h4-5,14-16,24H,6-13,17-18H2,1-3H3,(H,33,38,39). The second-order valence-corrected chi connectivity index (χ2v) is 12.5. The van der Waals surface area contributed by atoms with Gasteiger partial charge in [0.25, 0.3) is 5.91 Å². The Balaban J connectivity index is 1.12. The van der Waals surface area contributed by atoms with Crippen LogP contribution in [0.15, 0.2) is 30.3 Å². The zero-order chi connectivity index (χ0) is 29.8. The number of carbonyl (C=O) groups excluding carboxylic acids is 4. The lowest BCUT2D eigenvalue weighted by Gasteiger charge is -2.37. The topological polar surface area (TPSA) is 102 Å². The van der Waals surface area contributed by atoms with Crippen LogP contribution in [0.4, 0.5) is 20.6 Å². The maximum atomic E-state index is 14.7. The number of hydrogen-bond acceptors (Lipinski definition) is 7. The van der Waals surface area contributed by atoms with Crippen LogP contribution in [-0.2, 0) is 33.8 Å². The first kappa shape index (κ1) is 28.1. The molecule has 222 valence electrons. The van der Waals surface area contributed by atoms with Gasteiger partial charge in [-0.1, -0.05) is 12.1 Å². The van der Waals surface area contributed by atoms with Crippen molar-refractivity contribution in [3.05, 3.63) is 58.4 Å². The lowest BCUT2D eigenvalue weighted by atomic mass is 10.0. The monoisotopic (exact) mass is 577 g/mol. The molecule has 11 heteroatoms. The fourth-order valence-corrected chi connectivity index (χ4v) is 6.32. The molecule has 4 heterocycles. The highest BCUT2D eigenvalue weighted by atomic mass is 19.1. The Morgan fingerprint density at radius 2 is 1.76 bits per heavy atom. The third-order valence-corrected chi connectivity index (χ3v) is 8.38. The van der Waals surface area contributed by atoms with Crippen LogP contribution in [0.3, 0.4) is 0 Å². The van der Waals surface area contributed by atoms with E-state index in [0.717, 1.165) is 41.9 Å². The van der Waals surface area contributed by atoms with Crippen LogP contribution in [0, 0.1) is 5.82 Å². The molecular formula is C31H36FN5O5. The van der Waals surface area contributed by atoms with Crippen LogP contribution in [0.2, 0.25) is 0 Å². The highest BCUT2D eigenvalue weighted by Gasteiger charge is 2.41. The zero-order valence-corrected chi connectivity index (χ0v) is 24.2. The van der Waals surface area contributed by atoms with Crippen molar-refractivity contribution in [3.8, 4) is 0 Å². The van der Waals surface area contributed by atoms with E-state index in [1.165, 1.54) is 17.0 Å². The number of nitrogens with zero attached hydrogens (tertiary/aromatic N) is 4. The molecular weight excluding hydrogens is 541 g/mol. The van der Waals surface area contributed by atoms with Crippen LogP contribution >= 0.6 is 0 Å². The number of nitrogens with one attached hydrogen (secondary N) is 1. The van der Waals surface area contributed by atoms with E-state index >= 15 is 0 Å². The van der Waals surface area contributed by atoms with Crippen molar-refractivity contribution < 1.29 is 28.3 Å². The number of fused-ring (bicyclic) bond motifs is 2.